The summed E-state index contributed by atoms with van der Waals surface area (Å²) in [5.41, 5.74) is 2.53. The van der Waals surface area contributed by atoms with Crippen LogP contribution in [-0.2, 0) is 11.3 Å². The molecule has 1 heterocycles. The van der Waals surface area contributed by atoms with E-state index in [2.05, 4.69) is 0 Å². The Labute approximate surface area is 170 Å². The van der Waals surface area contributed by atoms with Crippen LogP contribution in [0, 0.1) is 11.8 Å². The number of hydrazone groups is 1. The van der Waals surface area contributed by atoms with Crippen molar-refractivity contribution in [3.8, 4) is 17.2 Å². The second kappa shape index (κ2) is 8.15. The van der Waals surface area contributed by atoms with Gasteiger partial charge < -0.3 is 14.6 Å². The van der Waals surface area contributed by atoms with Gasteiger partial charge in [-0.25, -0.2) is 5.01 Å². The Kier molecular flexibility index (Phi) is 5.43. The summed E-state index contributed by atoms with van der Waals surface area (Å²) in [4.78, 5) is 13.2. The van der Waals surface area contributed by atoms with E-state index in [1.54, 1.807) is 26.4 Å². The molecule has 1 N–H and O–H groups in total. The number of fused-ring (bicyclic) bond motifs is 1. The average Bonchev–Trinajstić information content (AvgIpc) is 2.76. The summed E-state index contributed by atoms with van der Waals surface area (Å²) in [6, 6.07) is 12.8. The molecule has 1 saturated carbocycles. The third-order valence-electron chi connectivity index (χ3n) is 5.91. The van der Waals surface area contributed by atoms with Gasteiger partial charge in [0.1, 0.15) is 5.75 Å². The highest BCUT2D eigenvalue weighted by molar-refractivity contribution is 6.07. The number of carbonyl (C=O) groups is 1. The second-order valence-corrected chi connectivity index (χ2v) is 7.58. The van der Waals surface area contributed by atoms with E-state index in [4.69, 9.17) is 14.6 Å². The molecule has 1 aliphatic heterocycles. The van der Waals surface area contributed by atoms with E-state index in [0.717, 1.165) is 37.0 Å². The first-order valence-corrected chi connectivity index (χ1v) is 10.0. The third-order valence-corrected chi connectivity index (χ3v) is 5.91. The number of benzene rings is 2. The summed E-state index contributed by atoms with van der Waals surface area (Å²) in [6.07, 6.45) is 3.97. The molecule has 29 heavy (non-hydrogen) atoms. The van der Waals surface area contributed by atoms with Crippen LogP contribution in [0.1, 0.15) is 36.8 Å². The van der Waals surface area contributed by atoms with Crippen molar-refractivity contribution >= 4 is 11.6 Å². The van der Waals surface area contributed by atoms with Crippen LogP contribution in [0.15, 0.2) is 47.6 Å². The number of phenolic OH excluding ortho intramolecular Hbond substituents is 1. The van der Waals surface area contributed by atoms with Gasteiger partial charge in [-0.2, -0.15) is 5.10 Å². The summed E-state index contributed by atoms with van der Waals surface area (Å²) >= 11 is 0. The van der Waals surface area contributed by atoms with Crippen molar-refractivity contribution in [1.82, 2.24) is 5.01 Å². The van der Waals surface area contributed by atoms with E-state index in [0.29, 0.717) is 17.1 Å². The molecule has 4 rings (SSSR count). The molecule has 1 fully saturated rings. The quantitative estimate of drug-likeness (QED) is 0.833. The molecule has 6 heteroatoms. The van der Waals surface area contributed by atoms with E-state index in [9.17, 15) is 9.90 Å². The molecular weight excluding hydrogens is 368 g/mol. The molecule has 1 amide bonds. The fraction of sp³-hybridized carbons (Fsp3) is 0.391. The van der Waals surface area contributed by atoms with Gasteiger partial charge in [0.2, 0.25) is 5.91 Å². The fourth-order valence-electron chi connectivity index (χ4n) is 4.39. The molecule has 0 unspecified atom stereocenters. The van der Waals surface area contributed by atoms with Gasteiger partial charge in [-0.15, -0.1) is 0 Å². The van der Waals surface area contributed by atoms with Crippen LogP contribution in [-0.4, -0.2) is 36.0 Å². The Morgan fingerprint density at radius 2 is 1.76 bits per heavy atom. The number of rotatable bonds is 5. The SMILES string of the molecule is COc1ccc(C2=NN(Cc3ccccc3O)C(=O)[C@H]3CCCC[C@@H]23)cc1OC. The predicted molar refractivity (Wildman–Crippen MR) is 110 cm³/mol. The molecule has 0 saturated heterocycles. The molecule has 2 atom stereocenters. The molecule has 2 aliphatic rings. The number of carbonyl (C=O) groups excluding carboxylic acids is 1. The van der Waals surface area contributed by atoms with Gasteiger partial charge in [0.15, 0.2) is 11.5 Å². The van der Waals surface area contributed by atoms with Crippen molar-refractivity contribution in [2.45, 2.75) is 32.2 Å². The Hall–Kier alpha value is -3.02. The Morgan fingerprint density at radius 1 is 1.03 bits per heavy atom. The summed E-state index contributed by atoms with van der Waals surface area (Å²) in [5.74, 6) is 1.56. The zero-order valence-electron chi connectivity index (χ0n) is 16.8. The highest BCUT2D eigenvalue weighted by Crippen LogP contribution is 2.39. The lowest BCUT2D eigenvalue weighted by molar-refractivity contribution is -0.139. The van der Waals surface area contributed by atoms with Gasteiger partial charge in [0.25, 0.3) is 0 Å². The fourth-order valence-corrected chi connectivity index (χ4v) is 4.39. The lowest BCUT2D eigenvalue weighted by Crippen LogP contribution is -2.45. The number of hydrogen-bond acceptors (Lipinski definition) is 5. The van der Waals surface area contributed by atoms with Crippen LogP contribution in [0.4, 0.5) is 0 Å². The van der Waals surface area contributed by atoms with E-state index in [1.807, 2.05) is 30.3 Å². The number of aromatic hydroxyl groups is 1. The first kappa shape index (κ1) is 19.3. The smallest absolute Gasteiger partial charge is 0.246 e. The second-order valence-electron chi connectivity index (χ2n) is 7.58. The van der Waals surface area contributed by atoms with E-state index < -0.39 is 0 Å². The van der Waals surface area contributed by atoms with Crippen molar-refractivity contribution in [2.75, 3.05) is 14.2 Å². The van der Waals surface area contributed by atoms with Crippen LogP contribution < -0.4 is 9.47 Å². The lowest BCUT2D eigenvalue weighted by Gasteiger charge is -2.38. The average molecular weight is 394 g/mol. The Balaban J connectivity index is 1.75. The highest BCUT2D eigenvalue weighted by atomic mass is 16.5. The van der Waals surface area contributed by atoms with Crippen LogP contribution in [0.25, 0.3) is 0 Å². The van der Waals surface area contributed by atoms with Gasteiger partial charge in [-0.1, -0.05) is 31.0 Å². The zero-order chi connectivity index (χ0) is 20.4. The maximum Gasteiger partial charge on any atom is 0.246 e. The largest absolute Gasteiger partial charge is 0.508 e. The van der Waals surface area contributed by atoms with Crippen LogP contribution >= 0.6 is 0 Å². The number of hydrogen-bond donors (Lipinski definition) is 1. The molecule has 1 aliphatic carbocycles. The summed E-state index contributed by atoms with van der Waals surface area (Å²) in [5, 5.41) is 16.5. The highest BCUT2D eigenvalue weighted by Gasteiger charge is 2.41. The first-order valence-electron chi connectivity index (χ1n) is 10.0. The maximum absolute atomic E-state index is 13.2. The molecule has 152 valence electrons. The van der Waals surface area contributed by atoms with Gasteiger partial charge in [-0.3, -0.25) is 4.79 Å². The molecular formula is C23H26N2O4. The monoisotopic (exact) mass is 394 g/mol. The number of para-hydroxylation sites is 1. The maximum atomic E-state index is 13.2. The van der Waals surface area contributed by atoms with Crippen LogP contribution in [0.3, 0.4) is 0 Å². The minimum atomic E-state index is -0.0739. The van der Waals surface area contributed by atoms with Gasteiger partial charge in [-0.05, 0) is 37.1 Å². The Morgan fingerprint density at radius 3 is 2.48 bits per heavy atom. The first-order chi connectivity index (χ1) is 14.1. The molecule has 0 bridgehead atoms. The molecule has 0 aromatic heterocycles. The van der Waals surface area contributed by atoms with Crippen molar-refractivity contribution < 1.29 is 19.4 Å². The van der Waals surface area contributed by atoms with E-state index >= 15 is 0 Å². The van der Waals surface area contributed by atoms with E-state index in [-0.39, 0.29) is 30.0 Å². The summed E-state index contributed by atoms with van der Waals surface area (Å²) in [6.45, 7) is 0.255. The van der Waals surface area contributed by atoms with Crippen molar-refractivity contribution in [3.63, 3.8) is 0 Å². The molecule has 2 aromatic rings. The Bertz CT molecular complexity index is 940. The number of nitrogens with zero attached hydrogens (tertiary/aromatic N) is 2. The minimum Gasteiger partial charge on any atom is -0.508 e. The van der Waals surface area contributed by atoms with Gasteiger partial charge in [0.05, 0.1) is 26.5 Å². The number of ether oxygens (including phenoxy) is 2. The van der Waals surface area contributed by atoms with Crippen molar-refractivity contribution in [3.05, 3.63) is 53.6 Å². The number of amides is 1. The van der Waals surface area contributed by atoms with Crippen molar-refractivity contribution in [2.24, 2.45) is 16.9 Å². The summed E-state index contributed by atoms with van der Waals surface area (Å²) in [7, 11) is 3.22. The van der Waals surface area contributed by atoms with Crippen LogP contribution in [0.5, 0.6) is 17.2 Å². The van der Waals surface area contributed by atoms with Gasteiger partial charge in [0, 0.05) is 23.0 Å². The normalized spacial score (nSPS) is 21.4. The lowest BCUT2D eigenvalue weighted by atomic mass is 9.73. The standard InChI is InChI=1S/C23H26N2O4/c1-28-20-12-11-15(13-21(20)29-2)22-17-8-4-5-9-18(17)23(27)25(24-22)14-16-7-3-6-10-19(16)26/h3,6-7,10-13,17-18,26H,4-5,8-9,14H2,1-2H3/t17-,18+/m1/s1. The number of phenols is 1. The third kappa shape index (κ3) is 3.67. The zero-order valence-corrected chi connectivity index (χ0v) is 16.8. The molecule has 2 aromatic carbocycles. The van der Waals surface area contributed by atoms with E-state index in [1.165, 1.54) is 5.01 Å². The predicted octanol–water partition coefficient (Wildman–Crippen LogP) is 3.96. The van der Waals surface area contributed by atoms with Gasteiger partial charge >= 0.3 is 0 Å². The molecule has 0 radical (unpaired) electrons. The summed E-state index contributed by atoms with van der Waals surface area (Å²) < 4.78 is 10.8. The molecule has 6 nitrogen and oxygen atoms in total. The topological polar surface area (TPSA) is 71.4 Å². The molecule has 0 spiro atoms. The van der Waals surface area contributed by atoms with Crippen LogP contribution in [0.2, 0.25) is 0 Å². The number of methoxy groups -OCH3 is 2. The minimum absolute atomic E-state index is 0.0437. The van der Waals surface area contributed by atoms with Crippen molar-refractivity contribution in [1.29, 1.82) is 0 Å².